The lowest BCUT2D eigenvalue weighted by Crippen LogP contribution is -2.43. The largest absolute Gasteiger partial charge is 0.293 e. The third-order valence-electron chi connectivity index (χ3n) is 3.99. The van der Waals surface area contributed by atoms with Gasteiger partial charge in [0, 0.05) is 11.1 Å². The molecule has 0 spiro atoms. The Morgan fingerprint density at radius 2 is 1.18 bits per heavy atom. The minimum atomic E-state index is -0.857. The van der Waals surface area contributed by atoms with Crippen molar-refractivity contribution < 1.29 is 9.59 Å². The Morgan fingerprint density at radius 3 is 1.47 bits per heavy atom. The quantitative estimate of drug-likeness (QED) is 0.730. The van der Waals surface area contributed by atoms with Crippen LogP contribution in [-0.4, -0.2) is 11.6 Å². The van der Waals surface area contributed by atoms with Gasteiger partial charge in [0.2, 0.25) is 0 Å². The lowest BCUT2D eigenvalue weighted by molar-refractivity contribution is 0.0509. The van der Waals surface area contributed by atoms with Crippen LogP contribution in [0.25, 0.3) is 0 Å². The smallest absolute Gasteiger partial charge is 0.178 e. The van der Waals surface area contributed by atoms with Gasteiger partial charge in [-0.05, 0) is 11.8 Å². The van der Waals surface area contributed by atoms with Gasteiger partial charge in [-0.15, -0.1) is 0 Å². The van der Waals surface area contributed by atoms with E-state index in [9.17, 15) is 9.59 Å². The van der Waals surface area contributed by atoms with Gasteiger partial charge in [0.15, 0.2) is 11.6 Å². The summed E-state index contributed by atoms with van der Waals surface area (Å²) in [4.78, 5) is 25.2. The van der Waals surface area contributed by atoms with Crippen molar-refractivity contribution in [3.63, 3.8) is 0 Å². The fraction of sp³-hybridized carbons (Fsp3) is 0.467. The van der Waals surface area contributed by atoms with E-state index >= 15 is 0 Å². The lowest BCUT2D eigenvalue weighted by atomic mass is 9.65. The van der Waals surface area contributed by atoms with Gasteiger partial charge in [-0.25, -0.2) is 0 Å². The second-order valence-electron chi connectivity index (χ2n) is 5.38. The summed E-state index contributed by atoms with van der Waals surface area (Å²) in [5, 5.41) is 0. The molecule has 0 amide bonds. The average Bonchev–Trinajstić information content (AvgIpc) is 2.50. The van der Waals surface area contributed by atoms with Gasteiger partial charge in [-0.3, -0.25) is 9.59 Å². The molecule has 2 heteroatoms. The van der Waals surface area contributed by atoms with Crippen molar-refractivity contribution in [1.29, 1.82) is 0 Å². The van der Waals surface area contributed by atoms with Gasteiger partial charge in [-0.1, -0.05) is 52.0 Å². The maximum Gasteiger partial charge on any atom is 0.178 e. The van der Waals surface area contributed by atoms with Crippen molar-refractivity contribution in [2.75, 3.05) is 0 Å². The third kappa shape index (κ3) is 1.33. The van der Waals surface area contributed by atoms with Gasteiger partial charge in [0.05, 0.1) is 0 Å². The van der Waals surface area contributed by atoms with E-state index < -0.39 is 5.41 Å². The molecule has 0 bridgehead atoms. The molecule has 2 nitrogen and oxygen atoms in total. The fourth-order valence-electron chi connectivity index (χ4n) is 3.14. The van der Waals surface area contributed by atoms with Crippen molar-refractivity contribution in [3.05, 3.63) is 35.4 Å². The van der Waals surface area contributed by atoms with Gasteiger partial charge in [0.1, 0.15) is 5.41 Å². The molecule has 0 fully saturated rings. The van der Waals surface area contributed by atoms with Crippen LogP contribution in [0.4, 0.5) is 0 Å². The Kier molecular flexibility index (Phi) is 2.69. The summed E-state index contributed by atoms with van der Waals surface area (Å²) in [5.74, 6) is 0.0519. The average molecular weight is 230 g/mol. The molecule has 1 aromatic carbocycles. The summed E-state index contributed by atoms with van der Waals surface area (Å²) >= 11 is 0. The maximum atomic E-state index is 12.6. The molecule has 0 heterocycles. The SMILES string of the molecule is CC(C)C1(C(C)C)C(=O)c2ccccc2C1=O. The summed E-state index contributed by atoms with van der Waals surface area (Å²) in [6.45, 7) is 7.84. The zero-order valence-electron chi connectivity index (χ0n) is 10.8. The van der Waals surface area contributed by atoms with E-state index in [1.807, 2.05) is 39.8 Å². The Morgan fingerprint density at radius 1 is 0.824 bits per heavy atom. The van der Waals surface area contributed by atoms with Gasteiger partial charge in [-0.2, -0.15) is 0 Å². The van der Waals surface area contributed by atoms with Crippen LogP contribution in [0.2, 0.25) is 0 Å². The highest BCUT2D eigenvalue weighted by Gasteiger charge is 2.56. The maximum absolute atomic E-state index is 12.6. The number of hydrogen-bond donors (Lipinski definition) is 0. The molecule has 0 aliphatic heterocycles. The van der Waals surface area contributed by atoms with Crippen molar-refractivity contribution in [1.82, 2.24) is 0 Å². The molecule has 2 rings (SSSR count). The zero-order valence-corrected chi connectivity index (χ0v) is 10.8. The number of carbonyl (C=O) groups is 2. The molecule has 0 N–H and O–H groups in total. The van der Waals surface area contributed by atoms with E-state index in [-0.39, 0.29) is 23.4 Å². The molecule has 90 valence electrons. The summed E-state index contributed by atoms with van der Waals surface area (Å²) in [6.07, 6.45) is 0. The summed E-state index contributed by atoms with van der Waals surface area (Å²) in [6, 6.07) is 7.17. The van der Waals surface area contributed by atoms with E-state index in [4.69, 9.17) is 0 Å². The number of Topliss-reactive ketones (excluding diaryl/α,β-unsaturated/α-hetero) is 2. The summed E-state index contributed by atoms with van der Waals surface area (Å²) in [5.41, 5.74) is 0.337. The molecule has 0 aromatic heterocycles. The summed E-state index contributed by atoms with van der Waals surface area (Å²) < 4.78 is 0. The van der Waals surface area contributed by atoms with Crippen LogP contribution in [0.1, 0.15) is 48.4 Å². The zero-order chi connectivity index (χ0) is 12.8. The second kappa shape index (κ2) is 3.80. The number of benzene rings is 1. The molecule has 17 heavy (non-hydrogen) atoms. The molecule has 0 unspecified atom stereocenters. The Balaban J connectivity index is 2.69. The predicted octanol–water partition coefficient (Wildman–Crippen LogP) is 3.36. The first-order valence-corrected chi connectivity index (χ1v) is 6.12. The van der Waals surface area contributed by atoms with Gasteiger partial charge in [0.25, 0.3) is 0 Å². The van der Waals surface area contributed by atoms with E-state index in [1.165, 1.54) is 0 Å². The van der Waals surface area contributed by atoms with Crippen molar-refractivity contribution in [2.24, 2.45) is 17.3 Å². The standard InChI is InChI=1S/C15H18O2/c1-9(2)15(10(3)4)13(16)11-7-5-6-8-12(11)14(15)17/h5-10H,1-4H3. The topological polar surface area (TPSA) is 34.1 Å². The van der Waals surface area contributed by atoms with Crippen LogP contribution in [0.15, 0.2) is 24.3 Å². The van der Waals surface area contributed by atoms with E-state index in [0.29, 0.717) is 11.1 Å². The first-order valence-electron chi connectivity index (χ1n) is 6.12. The lowest BCUT2D eigenvalue weighted by Gasteiger charge is -2.34. The van der Waals surface area contributed by atoms with Crippen LogP contribution >= 0.6 is 0 Å². The van der Waals surface area contributed by atoms with Crippen molar-refractivity contribution >= 4 is 11.6 Å². The van der Waals surface area contributed by atoms with E-state index in [2.05, 4.69) is 0 Å². The fourth-order valence-corrected chi connectivity index (χ4v) is 3.14. The number of rotatable bonds is 2. The molecule has 1 aromatic rings. The molecular weight excluding hydrogens is 212 g/mol. The number of hydrogen-bond acceptors (Lipinski definition) is 2. The highest BCUT2D eigenvalue weighted by atomic mass is 16.2. The molecule has 0 saturated carbocycles. The van der Waals surface area contributed by atoms with Gasteiger partial charge >= 0.3 is 0 Å². The van der Waals surface area contributed by atoms with Crippen LogP contribution in [0, 0.1) is 17.3 Å². The Bertz CT molecular complexity index is 438. The molecule has 0 atom stereocenters. The number of fused-ring (bicyclic) bond motifs is 1. The van der Waals surface area contributed by atoms with E-state index in [0.717, 1.165) is 0 Å². The van der Waals surface area contributed by atoms with Gasteiger partial charge < -0.3 is 0 Å². The number of carbonyl (C=O) groups excluding carboxylic acids is 2. The summed E-state index contributed by atoms with van der Waals surface area (Å²) in [7, 11) is 0. The Labute approximate surface area is 102 Å². The molecular formula is C15H18O2. The van der Waals surface area contributed by atoms with Crippen LogP contribution in [-0.2, 0) is 0 Å². The van der Waals surface area contributed by atoms with Crippen LogP contribution in [0.3, 0.4) is 0 Å². The minimum Gasteiger partial charge on any atom is -0.293 e. The van der Waals surface area contributed by atoms with Crippen molar-refractivity contribution in [2.45, 2.75) is 27.7 Å². The first-order chi connectivity index (χ1) is 7.94. The highest BCUT2D eigenvalue weighted by Crippen LogP contribution is 2.47. The van der Waals surface area contributed by atoms with Crippen molar-refractivity contribution in [3.8, 4) is 0 Å². The van der Waals surface area contributed by atoms with Crippen LogP contribution in [0.5, 0.6) is 0 Å². The second-order valence-corrected chi connectivity index (χ2v) is 5.38. The molecule has 0 radical (unpaired) electrons. The molecule has 1 aliphatic rings. The van der Waals surface area contributed by atoms with E-state index in [1.54, 1.807) is 12.1 Å². The minimum absolute atomic E-state index is 0.00287. The predicted molar refractivity (Wildman–Crippen MR) is 67.2 cm³/mol. The number of ketones is 2. The molecule has 1 aliphatic carbocycles. The Hall–Kier alpha value is -1.44. The monoisotopic (exact) mass is 230 g/mol. The first kappa shape index (κ1) is 12.0. The highest BCUT2D eigenvalue weighted by molar-refractivity contribution is 6.29. The molecule has 0 saturated heterocycles. The normalized spacial score (nSPS) is 18.0. The van der Waals surface area contributed by atoms with Crippen LogP contribution < -0.4 is 0 Å². The third-order valence-corrected chi connectivity index (χ3v) is 3.99.